The zero-order chi connectivity index (χ0) is 15.7. The van der Waals surface area contributed by atoms with Crippen LogP contribution < -0.4 is 5.32 Å². The summed E-state index contributed by atoms with van der Waals surface area (Å²) in [5.41, 5.74) is 0. The Morgan fingerprint density at radius 1 is 1.41 bits per heavy atom. The van der Waals surface area contributed by atoms with Gasteiger partial charge in [-0.15, -0.1) is 11.3 Å². The van der Waals surface area contributed by atoms with E-state index < -0.39 is 0 Å². The van der Waals surface area contributed by atoms with Crippen LogP contribution in [0.15, 0.2) is 17.5 Å². The Hall–Kier alpha value is -1.40. The van der Waals surface area contributed by atoms with Crippen LogP contribution in [-0.4, -0.2) is 53.3 Å². The molecule has 6 heteroatoms. The smallest absolute Gasteiger partial charge is 0.246 e. The van der Waals surface area contributed by atoms with Crippen LogP contribution in [0.5, 0.6) is 0 Å². The molecule has 0 bridgehead atoms. The summed E-state index contributed by atoms with van der Waals surface area (Å²) in [7, 11) is 0. The molecule has 1 aromatic heterocycles. The number of nitrogens with one attached hydrogen (secondary N) is 1. The van der Waals surface area contributed by atoms with E-state index in [0.29, 0.717) is 13.1 Å². The zero-order valence-electron chi connectivity index (χ0n) is 13.1. The van der Waals surface area contributed by atoms with E-state index in [-0.39, 0.29) is 29.8 Å². The molecule has 0 radical (unpaired) electrons. The molecule has 2 aliphatic heterocycles. The molecule has 0 spiro atoms. The van der Waals surface area contributed by atoms with E-state index in [1.807, 2.05) is 13.0 Å². The number of carbonyl (C=O) groups is 2. The van der Waals surface area contributed by atoms with Gasteiger partial charge in [0.2, 0.25) is 11.8 Å². The van der Waals surface area contributed by atoms with Crippen molar-refractivity contribution in [2.75, 3.05) is 19.6 Å². The quantitative estimate of drug-likeness (QED) is 0.910. The summed E-state index contributed by atoms with van der Waals surface area (Å²) in [6.45, 7) is 7.04. The number of fused-ring (bicyclic) bond motifs is 1. The van der Waals surface area contributed by atoms with Crippen molar-refractivity contribution in [2.45, 2.75) is 38.9 Å². The van der Waals surface area contributed by atoms with Crippen LogP contribution in [0.4, 0.5) is 0 Å². The van der Waals surface area contributed by atoms with Crippen molar-refractivity contribution in [3.05, 3.63) is 22.4 Å². The van der Waals surface area contributed by atoms with E-state index in [2.05, 4.69) is 28.6 Å². The fourth-order valence-corrected chi connectivity index (χ4v) is 3.95. The third-order valence-electron chi connectivity index (χ3n) is 4.79. The molecule has 0 aliphatic carbocycles. The fraction of sp³-hybridized carbons (Fsp3) is 0.625. The van der Waals surface area contributed by atoms with Gasteiger partial charge >= 0.3 is 0 Å². The summed E-state index contributed by atoms with van der Waals surface area (Å²) in [5.74, 6) is 0.275. The van der Waals surface area contributed by atoms with E-state index in [1.165, 1.54) is 4.88 Å². The third kappa shape index (κ3) is 2.90. The summed E-state index contributed by atoms with van der Waals surface area (Å²) in [5, 5.41) is 5.01. The van der Waals surface area contributed by atoms with Gasteiger partial charge in [0.25, 0.3) is 0 Å². The first kappa shape index (κ1) is 15.5. The van der Waals surface area contributed by atoms with E-state index in [0.717, 1.165) is 19.5 Å². The van der Waals surface area contributed by atoms with Crippen molar-refractivity contribution in [1.29, 1.82) is 0 Å². The molecule has 5 nitrogen and oxygen atoms in total. The Balaban J connectivity index is 1.68. The van der Waals surface area contributed by atoms with Crippen LogP contribution in [0.2, 0.25) is 0 Å². The van der Waals surface area contributed by atoms with E-state index in [1.54, 1.807) is 16.2 Å². The van der Waals surface area contributed by atoms with Crippen molar-refractivity contribution in [1.82, 2.24) is 15.1 Å². The summed E-state index contributed by atoms with van der Waals surface area (Å²) in [6, 6.07) is 3.48. The molecular weight excluding hydrogens is 298 g/mol. The lowest BCUT2D eigenvalue weighted by Gasteiger charge is -2.46. The summed E-state index contributed by atoms with van der Waals surface area (Å²) >= 11 is 1.73. The molecule has 0 unspecified atom stereocenters. The second-order valence-electron chi connectivity index (χ2n) is 6.23. The molecule has 3 heterocycles. The van der Waals surface area contributed by atoms with Gasteiger partial charge in [-0.2, -0.15) is 0 Å². The highest BCUT2D eigenvalue weighted by Gasteiger charge is 2.44. The standard InChI is InChI=1S/C16H23N3O2S/c1-3-11(2)14-16(21)19-7-6-18(9-12-5-4-8-22-12)10-13(19)15(20)17-14/h4-5,8,11,13-14H,3,6-7,9-10H2,1-2H3,(H,17,20)/t11-,13+,14-/m0/s1. The SMILES string of the molecule is CC[C@H](C)[C@@H]1NC(=O)[C@H]2CN(Cc3cccs3)CCN2C1=O. The Kier molecular flexibility index (Phi) is 4.49. The molecule has 1 aromatic rings. The molecule has 22 heavy (non-hydrogen) atoms. The topological polar surface area (TPSA) is 52.7 Å². The molecule has 2 amide bonds. The molecular formula is C16H23N3O2S. The minimum absolute atomic E-state index is 0.000722. The summed E-state index contributed by atoms with van der Waals surface area (Å²) < 4.78 is 0. The minimum Gasteiger partial charge on any atom is -0.342 e. The van der Waals surface area contributed by atoms with Crippen LogP contribution in [0.1, 0.15) is 25.1 Å². The summed E-state index contributed by atoms with van der Waals surface area (Å²) in [4.78, 5) is 30.4. The predicted octanol–water partition coefficient (Wildman–Crippen LogP) is 1.31. The van der Waals surface area contributed by atoms with E-state index >= 15 is 0 Å². The molecule has 3 rings (SSSR count). The predicted molar refractivity (Wildman–Crippen MR) is 86.5 cm³/mol. The number of amides is 2. The number of piperazine rings is 2. The molecule has 1 N–H and O–H groups in total. The molecule has 3 atom stereocenters. The molecule has 2 saturated heterocycles. The number of hydrogen-bond acceptors (Lipinski definition) is 4. The van der Waals surface area contributed by atoms with Gasteiger partial charge in [-0.1, -0.05) is 26.3 Å². The lowest BCUT2D eigenvalue weighted by atomic mass is 9.93. The lowest BCUT2D eigenvalue weighted by molar-refractivity contribution is -0.154. The molecule has 2 fully saturated rings. The monoisotopic (exact) mass is 321 g/mol. The van der Waals surface area contributed by atoms with E-state index in [4.69, 9.17) is 0 Å². The molecule has 120 valence electrons. The van der Waals surface area contributed by atoms with Crippen molar-refractivity contribution in [3.63, 3.8) is 0 Å². The highest BCUT2D eigenvalue weighted by molar-refractivity contribution is 7.09. The van der Waals surface area contributed by atoms with Gasteiger partial charge in [0.05, 0.1) is 0 Å². The van der Waals surface area contributed by atoms with Crippen LogP contribution in [-0.2, 0) is 16.1 Å². The van der Waals surface area contributed by atoms with Gasteiger partial charge in [-0.25, -0.2) is 0 Å². The molecule has 0 aromatic carbocycles. The van der Waals surface area contributed by atoms with E-state index in [9.17, 15) is 9.59 Å². The first-order chi connectivity index (χ1) is 10.6. The van der Waals surface area contributed by atoms with Crippen molar-refractivity contribution in [3.8, 4) is 0 Å². The van der Waals surface area contributed by atoms with Gasteiger partial charge in [0.15, 0.2) is 0 Å². The lowest BCUT2D eigenvalue weighted by Crippen LogP contribution is -2.70. The summed E-state index contributed by atoms with van der Waals surface area (Å²) in [6.07, 6.45) is 0.889. The van der Waals surface area contributed by atoms with Gasteiger partial charge in [-0.3, -0.25) is 14.5 Å². The largest absolute Gasteiger partial charge is 0.342 e. The maximum atomic E-state index is 12.6. The first-order valence-electron chi connectivity index (χ1n) is 7.95. The minimum atomic E-state index is -0.349. The number of nitrogens with zero attached hydrogens (tertiary/aromatic N) is 2. The van der Waals surface area contributed by atoms with Crippen molar-refractivity contribution >= 4 is 23.2 Å². The molecule has 2 aliphatic rings. The van der Waals surface area contributed by atoms with Crippen molar-refractivity contribution < 1.29 is 9.59 Å². The average Bonchev–Trinajstić information content (AvgIpc) is 3.03. The fourth-order valence-electron chi connectivity index (χ4n) is 3.21. The maximum absolute atomic E-state index is 12.6. The number of thiophene rings is 1. The first-order valence-corrected chi connectivity index (χ1v) is 8.83. The second-order valence-corrected chi connectivity index (χ2v) is 7.27. The van der Waals surface area contributed by atoms with Gasteiger partial charge in [-0.05, 0) is 17.4 Å². The Labute approximate surface area is 135 Å². The van der Waals surface area contributed by atoms with Gasteiger partial charge in [0.1, 0.15) is 12.1 Å². The third-order valence-corrected chi connectivity index (χ3v) is 5.65. The number of rotatable bonds is 4. The highest BCUT2D eigenvalue weighted by atomic mass is 32.1. The number of carbonyl (C=O) groups excluding carboxylic acids is 2. The Morgan fingerprint density at radius 3 is 2.91 bits per heavy atom. The normalized spacial score (nSPS) is 27.5. The van der Waals surface area contributed by atoms with Gasteiger partial charge < -0.3 is 10.2 Å². The Morgan fingerprint density at radius 2 is 2.23 bits per heavy atom. The van der Waals surface area contributed by atoms with Crippen LogP contribution in [0.25, 0.3) is 0 Å². The molecule has 0 saturated carbocycles. The van der Waals surface area contributed by atoms with Crippen LogP contribution >= 0.6 is 11.3 Å². The average molecular weight is 321 g/mol. The number of hydrogen-bond donors (Lipinski definition) is 1. The maximum Gasteiger partial charge on any atom is 0.246 e. The van der Waals surface area contributed by atoms with Crippen molar-refractivity contribution in [2.24, 2.45) is 5.92 Å². The van der Waals surface area contributed by atoms with Crippen LogP contribution in [0, 0.1) is 5.92 Å². The highest BCUT2D eigenvalue weighted by Crippen LogP contribution is 2.22. The zero-order valence-corrected chi connectivity index (χ0v) is 13.9. The van der Waals surface area contributed by atoms with Gasteiger partial charge in [0, 0.05) is 31.1 Å². The van der Waals surface area contributed by atoms with Crippen LogP contribution in [0.3, 0.4) is 0 Å². The Bertz CT molecular complexity index is 546. The second kappa shape index (κ2) is 6.38.